The smallest absolute Gasteiger partial charge is 0.277 e. The lowest BCUT2D eigenvalue weighted by atomic mass is 10.2. The maximum Gasteiger partial charge on any atom is 0.277 e. The summed E-state index contributed by atoms with van der Waals surface area (Å²) in [6.45, 7) is 0.167. The van der Waals surface area contributed by atoms with Crippen molar-refractivity contribution in [3.8, 4) is 17.1 Å². The number of benzene rings is 2. The van der Waals surface area contributed by atoms with Crippen molar-refractivity contribution in [2.75, 3.05) is 11.1 Å². The molecule has 0 aliphatic rings. The van der Waals surface area contributed by atoms with Crippen molar-refractivity contribution in [3.05, 3.63) is 94.2 Å². The Balaban J connectivity index is 1.32. The Bertz CT molecular complexity index is 1610. The lowest BCUT2D eigenvalue weighted by Gasteiger charge is -2.11. The van der Waals surface area contributed by atoms with Gasteiger partial charge in [-0.15, -0.1) is 10.2 Å². The van der Waals surface area contributed by atoms with Gasteiger partial charge in [0.25, 0.3) is 11.1 Å². The molecule has 0 saturated heterocycles. The number of amides is 2. The molecule has 0 aliphatic heterocycles. The zero-order valence-corrected chi connectivity index (χ0v) is 21.9. The average molecular weight is 568 g/mol. The van der Waals surface area contributed by atoms with E-state index >= 15 is 0 Å². The van der Waals surface area contributed by atoms with E-state index in [1.165, 1.54) is 30.5 Å². The van der Waals surface area contributed by atoms with Gasteiger partial charge in [-0.2, -0.15) is 0 Å². The van der Waals surface area contributed by atoms with Gasteiger partial charge in [0, 0.05) is 11.3 Å². The van der Waals surface area contributed by atoms with Crippen LogP contribution in [0.5, 0.6) is 0 Å². The number of hydrogen-bond acceptors (Lipinski definition) is 9. The number of nitrogens with one attached hydrogen (secondary N) is 2. The molecule has 2 N–H and O–H groups in total. The van der Waals surface area contributed by atoms with Gasteiger partial charge in [-0.1, -0.05) is 41.3 Å². The molecule has 0 fully saturated rings. The summed E-state index contributed by atoms with van der Waals surface area (Å²) < 4.78 is 26.0. The van der Waals surface area contributed by atoms with E-state index in [4.69, 9.17) is 21.1 Å². The van der Waals surface area contributed by atoms with Gasteiger partial charge in [-0.25, -0.2) is 4.39 Å². The van der Waals surface area contributed by atoms with Crippen LogP contribution < -0.4 is 10.6 Å². The van der Waals surface area contributed by atoms with Gasteiger partial charge in [-0.05, 0) is 60.7 Å². The molecule has 192 valence electrons. The number of hydrogen-bond donors (Lipinski definition) is 2. The van der Waals surface area contributed by atoms with Gasteiger partial charge in [-0.3, -0.25) is 14.2 Å². The van der Waals surface area contributed by atoms with Crippen LogP contribution >= 0.6 is 35.3 Å². The van der Waals surface area contributed by atoms with E-state index in [9.17, 15) is 14.0 Å². The summed E-state index contributed by atoms with van der Waals surface area (Å²) in [5, 5.41) is 13.9. The van der Waals surface area contributed by atoms with E-state index in [0.717, 1.165) is 23.1 Å². The van der Waals surface area contributed by atoms with Gasteiger partial charge >= 0.3 is 0 Å². The van der Waals surface area contributed by atoms with Crippen molar-refractivity contribution in [1.82, 2.24) is 20.1 Å². The van der Waals surface area contributed by atoms with Crippen LogP contribution in [0.3, 0.4) is 0 Å². The standard InChI is InChI=1S/C25H18FN5O4S3/c26-16-10-8-15(9-11-16)22-29-30-24(35-22)37-14-19(32)28-23-20(21(33)27-13-18-7-4-12-34-18)31(25(36)38-23)17-5-2-1-3-6-17/h1-12H,13-14H2,(H,27,33)(H,28,32). The molecule has 13 heteroatoms. The minimum atomic E-state index is -0.429. The summed E-state index contributed by atoms with van der Waals surface area (Å²) in [7, 11) is 0. The molecule has 9 nitrogen and oxygen atoms in total. The van der Waals surface area contributed by atoms with E-state index in [0.29, 0.717) is 26.0 Å². The molecule has 0 saturated carbocycles. The van der Waals surface area contributed by atoms with Gasteiger partial charge in [0.15, 0.2) is 3.95 Å². The van der Waals surface area contributed by atoms with Crippen LogP contribution in [-0.2, 0) is 11.3 Å². The predicted octanol–water partition coefficient (Wildman–Crippen LogP) is 5.71. The number of rotatable bonds is 9. The monoisotopic (exact) mass is 567 g/mol. The molecule has 0 unspecified atom stereocenters. The maximum atomic E-state index is 13.3. The van der Waals surface area contributed by atoms with E-state index in [1.54, 1.807) is 16.7 Å². The van der Waals surface area contributed by atoms with E-state index < -0.39 is 11.8 Å². The molecule has 0 aliphatic carbocycles. The van der Waals surface area contributed by atoms with Crippen LogP contribution in [0, 0.1) is 9.77 Å². The topological polar surface area (TPSA) is 115 Å². The number of halogens is 1. The number of furan rings is 1. The Labute approximate surface area is 228 Å². The number of carbonyl (C=O) groups excluding carboxylic acids is 2. The zero-order chi connectivity index (χ0) is 26.5. The summed E-state index contributed by atoms with van der Waals surface area (Å²) >= 11 is 7.69. The molecule has 2 aromatic carbocycles. The molecule has 3 heterocycles. The third-order valence-corrected chi connectivity index (χ3v) is 7.23. The van der Waals surface area contributed by atoms with Crippen LogP contribution in [0.25, 0.3) is 17.1 Å². The number of thioether (sulfide) groups is 1. The van der Waals surface area contributed by atoms with E-state index in [1.807, 2.05) is 30.3 Å². The van der Waals surface area contributed by atoms with Gasteiger partial charge in [0.1, 0.15) is 22.3 Å². The Kier molecular flexibility index (Phi) is 7.77. The quantitative estimate of drug-likeness (QED) is 0.172. The minimum Gasteiger partial charge on any atom is -0.467 e. The minimum absolute atomic E-state index is 0.0610. The number of para-hydroxylation sites is 1. The Morgan fingerprint density at radius 1 is 1.05 bits per heavy atom. The van der Waals surface area contributed by atoms with Crippen LogP contribution in [-0.4, -0.2) is 32.3 Å². The van der Waals surface area contributed by atoms with E-state index in [-0.39, 0.29) is 34.9 Å². The first kappa shape index (κ1) is 25.6. The van der Waals surface area contributed by atoms with Crippen molar-refractivity contribution >= 4 is 52.1 Å². The summed E-state index contributed by atoms with van der Waals surface area (Å²) in [6.07, 6.45) is 1.52. The molecular weight excluding hydrogens is 550 g/mol. The summed E-state index contributed by atoms with van der Waals surface area (Å²) in [5.74, 6) is -0.470. The third kappa shape index (κ3) is 5.90. The first-order valence-electron chi connectivity index (χ1n) is 11.1. The molecule has 3 aromatic heterocycles. The number of anilines is 1. The molecule has 0 bridgehead atoms. The van der Waals surface area contributed by atoms with Crippen LogP contribution in [0.4, 0.5) is 9.39 Å². The van der Waals surface area contributed by atoms with E-state index in [2.05, 4.69) is 20.8 Å². The van der Waals surface area contributed by atoms with Crippen molar-refractivity contribution in [2.45, 2.75) is 11.8 Å². The molecule has 0 radical (unpaired) electrons. The molecule has 2 amide bonds. The zero-order valence-electron chi connectivity index (χ0n) is 19.4. The molecule has 38 heavy (non-hydrogen) atoms. The molecule has 5 aromatic rings. The first-order valence-corrected chi connectivity index (χ1v) is 13.3. The third-order valence-electron chi connectivity index (χ3n) is 5.12. The second-order valence-corrected chi connectivity index (χ2v) is 10.3. The Morgan fingerprint density at radius 2 is 1.84 bits per heavy atom. The highest BCUT2D eigenvalue weighted by molar-refractivity contribution is 7.99. The molecule has 0 atom stereocenters. The van der Waals surface area contributed by atoms with Crippen molar-refractivity contribution < 1.29 is 22.8 Å². The Morgan fingerprint density at radius 3 is 2.58 bits per heavy atom. The van der Waals surface area contributed by atoms with Crippen molar-refractivity contribution in [3.63, 3.8) is 0 Å². The van der Waals surface area contributed by atoms with Gasteiger partial charge < -0.3 is 19.5 Å². The van der Waals surface area contributed by atoms with Crippen LogP contribution in [0.15, 0.2) is 87.1 Å². The fraction of sp³-hybridized carbons (Fsp3) is 0.0800. The first-order chi connectivity index (χ1) is 18.5. The number of aromatic nitrogens is 3. The van der Waals surface area contributed by atoms with Gasteiger partial charge in [0.05, 0.1) is 18.6 Å². The second kappa shape index (κ2) is 11.5. The van der Waals surface area contributed by atoms with Gasteiger partial charge in [0.2, 0.25) is 11.8 Å². The highest BCUT2D eigenvalue weighted by Gasteiger charge is 2.23. The normalized spacial score (nSPS) is 10.9. The maximum absolute atomic E-state index is 13.3. The molecule has 0 spiro atoms. The summed E-state index contributed by atoms with van der Waals surface area (Å²) in [4.78, 5) is 26.1. The van der Waals surface area contributed by atoms with Crippen LogP contribution in [0.1, 0.15) is 16.2 Å². The van der Waals surface area contributed by atoms with Crippen molar-refractivity contribution in [2.24, 2.45) is 0 Å². The van der Waals surface area contributed by atoms with Crippen LogP contribution in [0.2, 0.25) is 0 Å². The number of nitrogens with zero attached hydrogens (tertiary/aromatic N) is 3. The fourth-order valence-corrected chi connectivity index (χ4v) is 5.32. The molecule has 5 rings (SSSR count). The fourth-order valence-electron chi connectivity index (χ4n) is 3.41. The highest BCUT2D eigenvalue weighted by Crippen LogP contribution is 2.30. The SMILES string of the molecule is O=C(CSc1nnc(-c2ccc(F)cc2)o1)Nc1sc(=S)n(-c2ccccc2)c1C(=O)NCc1ccco1. The number of carbonyl (C=O) groups is 2. The lowest BCUT2D eigenvalue weighted by molar-refractivity contribution is -0.113. The summed E-state index contributed by atoms with van der Waals surface area (Å²) in [6, 6.07) is 18.3. The largest absolute Gasteiger partial charge is 0.467 e. The Hall–Kier alpha value is -4.07. The second-order valence-electron chi connectivity index (χ2n) is 7.70. The summed E-state index contributed by atoms with van der Waals surface area (Å²) in [5.41, 5.74) is 1.45. The number of thiazole rings is 1. The lowest BCUT2D eigenvalue weighted by Crippen LogP contribution is -2.27. The average Bonchev–Trinajstić information content (AvgIpc) is 3.68. The predicted molar refractivity (Wildman–Crippen MR) is 143 cm³/mol. The highest BCUT2D eigenvalue weighted by atomic mass is 32.2. The molecular formula is C25H18FN5O4S3. The van der Waals surface area contributed by atoms with Crippen molar-refractivity contribution in [1.29, 1.82) is 0 Å².